The first-order valence-electron chi connectivity index (χ1n) is 6.16. The van der Waals surface area contributed by atoms with Crippen molar-refractivity contribution in [2.45, 2.75) is 26.9 Å². The van der Waals surface area contributed by atoms with Crippen molar-refractivity contribution < 1.29 is 4.74 Å². The summed E-state index contributed by atoms with van der Waals surface area (Å²) in [4.78, 5) is 0. The Balaban J connectivity index is 2.02. The van der Waals surface area contributed by atoms with E-state index in [2.05, 4.69) is 66.2 Å². The molecule has 1 nitrogen and oxygen atoms in total. The van der Waals surface area contributed by atoms with Gasteiger partial charge in [-0.3, -0.25) is 0 Å². The van der Waals surface area contributed by atoms with E-state index in [1.807, 2.05) is 6.07 Å². The highest BCUT2D eigenvalue weighted by molar-refractivity contribution is 9.10. The summed E-state index contributed by atoms with van der Waals surface area (Å²) in [5.41, 5.74) is 3.77. The van der Waals surface area contributed by atoms with Crippen LogP contribution in [0.2, 0.25) is 0 Å². The molecule has 18 heavy (non-hydrogen) atoms. The molecule has 2 heteroatoms. The Labute approximate surface area is 117 Å². The van der Waals surface area contributed by atoms with Gasteiger partial charge < -0.3 is 4.74 Å². The van der Waals surface area contributed by atoms with Crippen molar-refractivity contribution in [2.24, 2.45) is 0 Å². The molecule has 0 fully saturated rings. The molecular weight excluding hydrogens is 288 g/mol. The molecule has 0 N–H and O–H groups in total. The minimum absolute atomic E-state index is 0.603. The number of hydrogen-bond donors (Lipinski definition) is 0. The molecule has 0 aromatic heterocycles. The van der Waals surface area contributed by atoms with Crippen LogP contribution < -0.4 is 4.74 Å². The monoisotopic (exact) mass is 304 g/mol. The summed E-state index contributed by atoms with van der Waals surface area (Å²) in [7, 11) is 0. The molecule has 0 aliphatic rings. The third kappa shape index (κ3) is 3.36. The number of benzene rings is 2. The van der Waals surface area contributed by atoms with Crippen molar-refractivity contribution in [1.82, 2.24) is 0 Å². The average molecular weight is 305 g/mol. The smallest absolute Gasteiger partial charge is 0.134 e. The number of halogens is 1. The van der Waals surface area contributed by atoms with Crippen molar-refractivity contribution in [2.75, 3.05) is 0 Å². The highest BCUT2D eigenvalue weighted by Gasteiger charge is 2.01. The maximum Gasteiger partial charge on any atom is 0.134 e. The van der Waals surface area contributed by atoms with Gasteiger partial charge in [-0.25, -0.2) is 0 Å². The Kier molecular flexibility index (Phi) is 4.43. The first kappa shape index (κ1) is 13.2. The van der Waals surface area contributed by atoms with Gasteiger partial charge in [0.15, 0.2) is 0 Å². The Morgan fingerprint density at radius 1 is 1.00 bits per heavy atom. The topological polar surface area (TPSA) is 9.23 Å². The van der Waals surface area contributed by atoms with E-state index in [0.717, 1.165) is 16.6 Å². The quantitative estimate of drug-likeness (QED) is 0.780. The molecule has 0 saturated carbocycles. The van der Waals surface area contributed by atoms with E-state index < -0.39 is 0 Å². The third-order valence-corrected chi connectivity index (χ3v) is 3.53. The van der Waals surface area contributed by atoms with E-state index in [4.69, 9.17) is 4.74 Å². The second-order valence-corrected chi connectivity index (χ2v) is 5.25. The largest absolute Gasteiger partial charge is 0.488 e. The van der Waals surface area contributed by atoms with Crippen molar-refractivity contribution in [1.29, 1.82) is 0 Å². The van der Waals surface area contributed by atoms with E-state index >= 15 is 0 Å². The highest BCUT2D eigenvalue weighted by atomic mass is 79.9. The van der Waals surface area contributed by atoms with E-state index in [9.17, 15) is 0 Å². The fourth-order valence-electron chi connectivity index (χ4n) is 1.76. The summed E-state index contributed by atoms with van der Waals surface area (Å²) in [5.74, 6) is 0.889. The first-order chi connectivity index (χ1) is 8.69. The second kappa shape index (κ2) is 6.05. The Hall–Kier alpha value is -1.28. The number of rotatable bonds is 4. The van der Waals surface area contributed by atoms with Crippen LogP contribution in [0.3, 0.4) is 0 Å². The first-order valence-corrected chi connectivity index (χ1v) is 6.95. The lowest BCUT2D eigenvalue weighted by Crippen LogP contribution is -1.96. The van der Waals surface area contributed by atoms with Gasteiger partial charge in [0.1, 0.15) is 12.4 Å². The lowest BCUT2D eigenvalue weighted by atomic mass is 10.1. The minimum Gasteiger partial charge on any atom is -0.488 e. The van der Waals surface area contributed by atoms with Crippen molar-refractivity contribution in [3.05, 3.63) is 63.6 Å². The van der Waals surface area contributed by atoms with Crippen LogP contribution >= 0.6 is 15.9 Å². The number of ether oxygens (including phenoxy) is 1. The number of hydrogen-bond acceptors (Lipinski definition) is 1. The zero-order chi connectivity index (χ0) is 13.0. The van der Waals surface area contributed by atoms with E-state index in [-0.39, 0.29) is 0 Å². The van der Waals surface area contributed by atoms with Crippen LogP contribution in [-0.4, -0.2) is 0 Å². The zero-order valence-electron chi connectivity index (χ0n) is 10.7. The summed E-state index contributed by atoms with van der Waals surface area (Å²) in [6.07, 6.45) is 1.07. The molecule has 0 amide bonds. The SMILES string of the molecule is CCc1ccc(COc2ccc(C)cc2Br)cc1. The van der Waals surface area contributed by atoms with Crippen LogP contribution in [0.25, 0.3) is 0 Å². The van der Waals surface area contributed by atoms with Gasteiger partial charge in [0, 0.05) is 0 Å². The summed E-state index contributed by atoms with van der Waals surface area (Å²) < 4.78 is 6.81. The third-order valence-electron chi connectivity index (χ3n) is 2.91. The molecule has 94 valence electrons. The molecule has 0 aliphatic heterocycles. The molecule has 0 saturated heterocycles. The maximum absolute atomic E-state index is 5.80. The van der Waals surface area contributed by atoms with Crippen molar-refractivity contribution in [3.8, 4) is 5.75 Å². The van der Waals surface area contributed by atoms with E-state index in [0.29, 0.717) is 6.61 Å². The molecule has 2 aromatic carbocycles. The van der Waals surface area contributed by atoms with Gasteiger partial charge in [0.25, 0.3) is 0 Å². The van der Waals surface area contributed by atoms with Crippen LogP contribution in [0, 0.1) is 6.92 Å². The summed E-state index contributed by atoms with van der Waals surface area (Å²) in [6.45, 7) is 4.83. The summed E-state index contributed by atoms with van der Waals surface area (Å²) >= 11 is 3.52. The van der Waals surface area contributed by atoms with Crippen LogP contribution in [-0.2, 0) is 13.0 Å². The van der Waals surface area contributed by atoms with Crippen molar-refractivity contribution >= 4 is 15.9 Å². The van der Waals surface area contributed by atoms with Crippen molar-refractivity contribution in [3.63, 3.8) is 0 Å². The van der Waals surface area contributed by atoms with E-state index in [1.54, 1.807) is 0 Å². The zero-order valence-corrected chi connectivity index (χ0v) is 12.3. The van der Waals surface area contributed by atoms with Crippen LogP contribution in [0.4, 0.5) is 0 Å². The molecule has 0 bridgehead atoms. The molecule has 0 radical (unpaired) electrons. The average Bonchev–Trinajstić information content (AvgIpc) is 2.38. The normalized spacial score (nSPS) is 10.4. The lowest BCUT2D eigenvalue weighted by Gasteiger charge is -2.09. The Morgan fingerprint density at radius 3 is 2.28 bits per heavy atom. The van der Waals surface area contributed by atoms with Gasteiger partial charge >= 0.3 is 0 Å². The minimum atomic E-state index is 0.603. The van der Waals surface area contributed by atoms with Crippen LogP contribution in [0.15, 0.2) is 46.9 Å². The van der Waals surface area contributed by atoms with Gasteiger partial charge in [-0.1, -0.05) is 37.3 Å². The second-order valence-electron chi connectivity index (χ2n) is 4.39. The summed E-state index contributed by atoms with van der Waals surface area (Å²) in [6, 6.07) is 14.7. The van der Waals surface area contributed by atoms with Crippen LogP contribution in [0.1, 0.15) is 23.6 Å². The molecule has 2 aromatic rings. The molecule has 0 atom stereocenters. The van der Waals surface area contributed by atoms with Gasteiger partial charge in [-0.05, 0) is 58.1 Å². The molecule has 2 rings (SSSR count). The van der Waals surface area contributed by atoms with Gasteiger partial charge in [-0.2, -0.15) is 0 Å². The molecular formula is C16H17BrO. The fraction of sp³-hybridized carbons (Fsp3) is 0.250. The molecule has 0 unspecified atom stereocenters. The van der Waals surface area contributed by atoms with E-state index in [1.165, 1.54) is 16.7 Å². The van der Waals surface area contributed by atoms with Gasteiger partial charge in [0.2, 0.25) is 0 Å². The van der Waals surface area contributed by atoms with Gasteiger partial charge in [-0.15, -0.1) is 0 Å². The summed E-state index contributed by atoms with van der Waals surface area (Å²) in [5, 5.41) is 0. The predicted molar refractivity (Wildman–Crippen MR) is 79.0 cm³/mol. The van der Waals surface area contributed by atoms with Gasteiger partial charge in [0.05, 0.1) is 4.47 Å². The lowest BCUT2D eigenvalue weighted by molar-refractivity contribution is 0.304. The molecule has 0 aliphatic carbocycles. The molecule has 0 heterocycles. The predicted octanol–water partition coefficient (Wildman–Crippen LogP) is 4.90. The highest BCUT2D eigenvalue weighted by Crippen LogP contribution is 2.26. The Morgan fingerprint density at radius 2 is 1.67 bits per heavy atom. The fourth-order valence-corrected chi connectivity index (χ4v) is 2.36. The van der Waals surface area contributed by atoms with Crippen LogP contribution in [0.5, 0.6) is 5.75 Å². The maximum atomic E-state index is 5.80. The Bertz CT molecular complexity index is 517. The number of aryl methyl sites for hydroxylation is 2. The standard InChI is InChI=1S/C16H17BrO/c1-3-13-5-7-14(8-6-13)11-18-16-9-4-12(2)10-15(16)17/h4-10H,3,11H2,1-2H3. The molecule has 0 spiro atoms.